The van der Waals surface area contributed by atoms with Gasteiger partial charge in [-0.05, 0) is 24.3 Å². The van der Waals surface area contributed by atoms with Crippen LogP contribution >= 0.6 is 0 Å². The fourth-order valence-corrected chi connectivity index (χ4v) is 2.88. The van der Waals surface area contributed by atoms with Crippen molar-refractivity contribution in [2.45, 2.75) is 0 Å². The molecule has 0 amide bonds. The van der Waals surface area contributed by atoms with Crippen molar-refractivity contribution in [3.63, 3.8) is 0 Å². The molecule has 0 bridgehead atoms. The van der Waals surface area contributed by atoms with Gasteiger partial charge in [-0.25, -0.2) is 9.97 Å². The molecule has 0 atom stereocenters. The van der Waals surface area contributed by atoms with Gasteiger partial charge in [0.1, 0.15) is 11.0 Å². The van der Waals surface area contributed by atoms with Crippen molar-refractivity contribution in [1.29, 1.82) is 0 Å². The predicted octanol–water partition coefficient (Wildman–Crippen LogP) is 3.88. The molecule has 0 radical (unpaired) electrons. The molecule has 3 aromatic heterocycles. The molecule has 0 aliphatic heterocycles. The van der Waals surface area contributed by atoms with E-state index in [-0.39, 0.29) is 0 Å². The number of benzene rings is 2. The predicted molar refractivity (Wildman–Crippen MR) is 87.6 cm³/mol. The molecule has 102 valence electrons. The summed E-state index contributed by atoms with van der Waals surface area (Å²) in [7, 11) is 0. The normalized spacial score (nSPS) is 11.6. The molecular formula is C18H10N4. The van der Waals surface area contributed by atoms with E-state index in [2.05, 4.69) is 9.97 Å². The van der Waals surface area contributed by atoms with Gasteiger partial charge in [0.25, 0.3) is 0 Å². The molecule has 0 fully saturated rings. The largest absolute Gasteiger partial charge is 0.254 e. The maximum absolute atomic E-state index is 4.85. The zero-order valence-electron chi connectivity index (χ0n) is 11.6. The molecule has 4 heteroatoms. The highest BCUT2D eigenvalue weighted by molar-refractivity contribution is 6.08. The molecule has 22 heavy (non-hydrogen) atoms. The van der Waals surface area contributed by atoms with Crippen LogP contribution in [-0.4, -0.2) is 19.9 Å². The molecule has 0 unspecified atom stereocenters. The number of hydrogen-bond donors (Lipinski definition) is 0. The van der Waals surface area contributed by atoms with Gasteiger partial charge in [0, 0.05) is 23.2 Å². The van der Waals surface area contributed by atoms with E-state index in [1.54, 1.807) is 12.4 Å². The molecule has 0 aliphatic rings. The standard InChI is InChI=1S/C18H10N4/c1-3-11-5-7-13-17(15(11)19-9-1)22-18-14(21-13)8-6-12-4-2-10-20-16(12)18/h1-10H. The first-order valence-corrected chi connectivity index (χ1v) is 7.09. The molecule has 0 saturated heterocycles. The number of fused-ring (bicyclic) bond motifs is 6. The summed E-state index contributed by atoms with van der Waals surface area (Å²) in [5, 5.41) is 2.13. The Morgan fingerprint density at radius 1 is 0.500 bits per heavy atom. The summed E-state index contributed by atoms with van der Waals surface area (Å²) in [6.07, 6.45) is 3.57. The Labute approximate surface area is 125 Å². The molecule has 0 saturated carbocycles. The van der Waals surface area contributed by atoms with E-state index in [9.17, 15) is 0 Å². The van der Waals surface area contributed by atoms with Crippen LogP contribution in [0.4, 0.5) is 0 Å². The van der Waals surface area contributed by atoms with Gasteiger partial charge in [0.2, 0.25) is 0 Å². The molecule has 2 aromatic carbocycles. The van der Waals surface area contributed by atoms with E-state index in [1.807, 2.05) is 48.5 Å². The van der Waals surface area contributed by atoms with E-state index in [0.29, 0.717) is 0 Å². The molecule has 0 N–H and O–H groups in total. The summed E-state index contributed by atoms with van der Waals surface area (Å²) in [5.74, 6) is 0. The van der Waals surface area contributed by atoms with Crippen LogP contribution in [0.5, 0.6) is 0 Å². The van der Waals surface area contributed by atoms with Gasteiger partial charge in [-0.1, -0.05) is 24.3 Å². The third kappa shape index (κ3) is 1.52. The smallest absolute Gasteiger partial charge is 0.116 e. The van der Waals surface area contributed by atoms with Gasteiger partial charge in [0.05, 0.1) is 22.1 Å². The fourth-order valence-electron chi connectivity index (χ4n) is 2.88. The molecule has 5 rings (SSSR count). The van der Waals surface area contributed by atoms with E-state index >= 15 is 0 Å². The first-order chi connectivity index (χ1) is 10.9. The summed E-state index contributed by atoms with van der Waals surface area (Å²) in [6.45, 7) is 0. The fraction of sp³-hybridized carbons (Fsp3) is 0. The average Bonchev–Trinajstić information content (AvgIpc) is 2.60. The molecule has 3 heterocycles. The Morgan fingerprint density at radius 2 is 1.05 bits per heavy atom. The van der Waals surface area contributed by atoms with Gasteiger partial charge >= 0.3 is 0 Å². The van der Waals surface area contributed by atoms with Crippen molar-refractivity contribution < 1.29 is 0 Å². The van der Waals surface area contributed by atoms with E-state index in [0.717, 1.165) is 43.9 Å². The minimum atomic E-state index is 0.823. The molecule has 4 nitrogen and oxygen atoms in total. The Bertz CT molecular complexity index is 1090. The lowest BCUT2D eigenvalue weighted by Crippen LogP contribution is -1.92. The first kappa shape index (κ1) is 11.5. The zero-order chi connectivity index (χ0) is 14.5. The van der Waals surface area contributed by atoms with Crippen molar-refractivity contribution in [1.82, 2.24) is 19.9 Å². The number of nitrogens with zero attached hydrogens (tertiary/aromatic N) is 4. The van der Waals surface area contributed by atoms with Gasteiger partial charge in [-0.15, -0.1) is 0 Å². The summed E-state index contributed by atoms with van der Waals surface area (Å²) in [4.78, 5) is 18.5. The highest BCUT2D eigenvalue weighted by Crippen LogP contribution is 2.26. The van der Waals surface area contributed by atoms with Gasteiger partial charge in [-0.3, -0.25) is 9.97 Å². The van der Waals surface area contributed by atoms with Gasteiger partial charge in [-0.2, -0.15) is 0 Å². The van der Waals surface area contributed by atoms with Crippen LogP contribution in [0, 0.1) is 0 Å². The molecule has 0 aliphatic carbocycles. The maximum Gasteiger partial charge on any atom is 0.116 e. The number of hydrogen-bond acceptors (Lipinski definition) is 4. The third-order valence-corrected chi connectivity index (χ3v) is 3.92. The Kier molecular flexibility index (Phi) is 2.19. The van der Waals surface area contributed by atoms with Crippen molar-refractivity contribution >= 4 is 43.9 Å². The molecular weight excluding hydrogens is 272 g/mol. The van der Waals surface area contributed by atoms with Crippen LogP contribution in [0.3, 0.4) is 0 Å². The summed E-state index contributed by atoms with van der Waals surface area (Å²) < 4.78 is 0. The molecule has 0 spiro atoms. The highest BCUT2D eigenvalue weighted by Gasteiger charge is 2.09. The monoisotopic (exact) mass is 282 g/mol. The Hall–Kier alpha value is -3.14. The lowest BCUT2D eigenvalue weighted by atomic mass is 10.1. The summed E-state index contributed by atoms with van der Waals surface area (Å²) in [6, 6.07) is 16.0. The van der Waals surface area contributed by atoms with Crippen molar-refractivity contribution in [2.24, 2.45) is 0 Å². The SMILES string of the molecule is c1cnc2c(c1)ccc1nc3ccc4cccnc4c3nc12. The van der Waals surface area contributed by atoms with Gasteiger partial charge < -0.3 is 0 Å². The second kappa shape index (κ2) is 4.18. The first-order valence-electron chi connectivity index (χ1n) is 7.09. The van der Waals surface area contributed by atoms with Crippen molar-refractivity contribution in [3.8, 4) is 0 Å². The summed E-state index contributed by atoms with van der Waals surface area (Å²) in [5.41, 5.74) is 5.11. The van der Waals surface area contributed by atoms with Crippen LogP contribution in [0.15, 0.2) is 60.9 Å². The lowest BCUT2D eigenvalue weighted by Gasteiger charge is -2.05. The Balaban J connectivity index is 2.05. The topological polar surface area (TPSA) is 51.6 Å². The van der Waals surface area contributed by atoms with Crippen LogP contribution < -0.4 is 0 Å². The minimum absolute atomic E-state index is 0.823. The number of rotatable bonds is 0. The lowest BCUT2D eigenvalue weighted by molar-refractivity contribution is 1.35. The summed E-state index contributed by atoms with van der Waals surface area (Å²) >= 11 is 0. The van der Waals surface area contributed by atoms with Crippen LogP contribution in [0.1, 0.15) is 0 Å². The zero-order valence-corrected chi connectivity index (χ0v) is 11.6. The van der Waals surface area contributed by atoms with Crippen LogP contribution in [0.25, 0.3) is 43.9 Å². The van der Waals surface area contributed by atoms with Crippen LogP contribution in [0.2, 0.25) is 0 Å². The minimum Gasteiger partial charge on any atom is -0.254 e. The highest BCUT2D eigenvalue weighted by atomic mass is 14.8. The quantitative estimate of drug-likeness (QED) is 0.319. The van der Waals surface area contributed by atoms with E-state index in [4.69, 9.17) is 9.97 Å². The second-order valence-corrected chi connectivity index (χ2v) is 5.24. The van der Waals surface area contributed by atoms with Crippen molar-refractivity contribution in [2.75, 3.05) is 0 Å². The maximum atomic E-state index is 4.85. The third-order valence-electron chi connectivity index (χ3n) is 3.92. The number of pyridine rings is 2. The van der Waals surface area contributed by atoms with E-state index in [1.165, 1.54) is 0 Å². The average molecular weight is 282 g/mol. The number of aromatic nitrogens is 4. The Morgan fingerprint density at radius 3 is 1.59 bits per heavy atom. The van der Waals surface area contributed by atoms with E-state index < -0.39 is 0 Å². The second-order valence-electron chi connectivity index (χ2n) is 5.24. The van der Waals surface area contributed by atoms with Crippen LogP contribution in [-0.2, 0) is 0 Å². The van der Waals surface area contributed by atoms with Crippen molar-refractivity contribution in [3.05, 3.63) is 60.9 Å². The van der Waals surface area contributed by atoms with Gasteiger partial charge in [0.15, 0.2) is 0 Å². The molecule has 5 aromatic rings.